The van der Waals surface area contributed by atoms with Gasteiger partial charge in [-0.3, -0.25) is 4.79 Å². The first-order chi connectivity index (χ1) is 8.24. The van der Waals surface area contributed by atoms with Gasteiger partial charge in [0.25, 0.3) is 0 Å². The lowest BCUT2D eigenvalue weighted by Crippen LogP contribution is -2.14. The second kappa shape index (κ2) is 7.77. The lowest BCUT2D eigenvalue weighted by Gasteiger charge is -2.08. The van der Waals surface area contributed by atoms with Crippen molar-refractivity contribution in [2.75, 3.05) is 18.4 Å². The average Bonchev–Trinajstić information content (AvgIpc) is 2.79. The van der Waals surface area contributed by atoms with Crippen LogP contribution in [0, 0.1) is 5.92 Å². The molecule has 1 aromatic carbocycles. The van der Waals surface area contributed by atoms with Crippen molar-refractivity contribution in [1.82, 2.24) is 5.32 Å². The number of hydrogen-bond acceptors (Lipinski definition) is 2. The van der Waals surface area contributed by atoms with E-state index in [0.29, 0.717) is 12.3 Å². The van der Waals surface area contributed by atoms with E-state index in [1.165, 1.54) is 6.42 Å². The van der Waals surface area contributed by atoms with Gasteiger partial charge in [0.15, 0.2) is 0 Å². The summed E-state index contributed by atoms with van der Waals surface area (Å²) in [7, 11) is 0. The Morgan fingerprint density at radius 2 is 2.33 bits per heavy atom. The fourth-order valence-electron chi connectivity index (χ4n) is 2.09. The molecule has 1 unspecified atom stereocenters. The number of anilines is 1. The Morgan fingerprint density at radius 3 is 3.00 bits per heavy atom. The van der Waals surface area contributed by atoms with Crippen molar-refractivity contribution < 1.29 is 4.79 Å². The van der Waals surface area contributed by atoms with Gasteiger partial charge < -0.3 is 10.6 Å². The molecule has 0 spiro atoms. The first-order valence-electron chi connectivity index (χ1n) is 6.00. The molecule has 0 aliphatic carbocycles. The standard InChI is InChI=1S/C13H17BrN2O.ClH/c14-11-2-1-3-12(8-11)16-13(17)5-4-10-6-7-15-9-10;/h1-3,8,10,15H,4-7,9H2,(H,16,17);1H. The van der Waals surface area contributed by atoms with Crippen molar-refractivity contribution in [3.63, 3.8) is 0 Å². The molecule has 2 N–H and O–H groups in total. The van der Waals surface area contributed by atoms with Crippen LogP contribution in [0.4, 0.5) is 5.69 Å². The fraction of sp³-hybridized carbons (Fsp3) is 0.462. The normalized spacial score (nSPS) is 18.2. The minimum absolute atomic E-state index is 0. The van der Waals surface area contributed by atoms with Crippen LogP contribution in [0.15, 0.2) is 28.7 Å². The second-order valence-corrected chi connectivity index (χ2v) is 5.37. The van der Waals surface area contributed by atoms with Gasteiger partial charge in [-0.15, -0.1) is 12.4 Å². The first kappa shape index (κ1) is 15.5. The van der Waals surface area contributed by atoms with E-state index in [1.54, 1.807) is 0 Å². The van der Waals surface area contributed by atoms with Gasteiger partial charge in [-0.1, -0.05) is 22.0 Å². The molecule has 1 atom stereocenters. The van der Waals surface area contributed by atoms with Gasteiger partial charge in [0.1, 0.15) is 0 Å². The van der Waals surface area contributed by atoms with Gasteiger partial charge in [0.05, 0.1) is 0 Å². The van der Waals surface area contributed by atoms with Crippen LogP contribution in [0.25, 0.3) is 0 Å². The zero-order valence-corrected chi connectivity index (χ0v) is 12.5. The summed E-state index contributed by atoms with van der Waals surface area (Å²) in [4.78, 5) is 11.7. The molecule has 0 aromatic heterocycles. The molecule has 3 nitrogen and oxygen atoms in total. The highest BCUT2D eigenvalue weighted by Gasteiger charge is 2.15. The summed E-state index contributed by atoms with van der Waals surface area (Å²) in [6.07, 6.45) is 2.79. The molecule has 2 rings (SSSR count). The molecular formula is C13H18BrClN2O. The van der Waals surface area contributed by atoms with Gasteiger partial charge in [-0.2, -0.15) is 0 Å². The smallest absolute Gasteiger partial charge is 0.224 e. The van der Waals surface area contributed by atoms with Gasteiger partial charge in [0, 0.05) is 16.6 Å². The lowest BCUT2D eigenvalue weighted by molar-refractivity contribution is -0.116. The molecule has 1 aliphatic rings. The quantitative estimate of drug-likeness (QED) is 0.888. The van der Waals surface area contributed by atoms with Crippen molar-refractivity contribution in [2.45, 2.75) is 19.3 Å². The Morgan fingerprint density at radius 1 is 1.50 bits per heavy atom. The molecule has 100 valence electrons. The molecular weight excluding hydrogens is 316 g/mol. The SMILES string of the molecule is Cl.O=C(CCC1CCNC1)Nc1cccc(Br)c1. The lowest BCUT2D eigenvalue weighted by atomic mass is 10.0. The maximum absolute atomic E-state index is 11.7. The van der Waals surface area contributed by atoms with Gasteiger partial charge in [-0.05, 0) is 50.0 Å². The van der Waals surface area contributed by atoms with Gasteiger partial charge in [0.2, 0.25) is 5.91 Å². The third-order valence-corrected chi connectivity index (χ3v) is 3.54. The molecule has 1 aliphatic heterocycles. The van der Waals surface area contributed by atoms with Crippen LogP contribution in [0.3, 0.4) is 0 Å². The molecule has 1 fully saturated rings. The monoisotopic (exact) mass is 332 g/mol. The molecule has 0 radical (unpaired) electrons. The van der Waals surface area contributed by atoms with Crippen LogP contribution in [-0.4, -0.2) is 19.0 Å². The third kappa shape index (κ3) is 4.96. The molecule has 1 saturated heterocycles. The summed E-state index contributed by atoms with van der Waals surface area (Å²) in [5.74, 6) is 0.776. The topological polar surface area (TPSA) is 41.1 Å². The Bertz CT molecular complexity index is 394. The van der Waals surface area contributed by atoms with E-state index >= 15 is 0 Å². The number of rotatable bonds is 4. The maximum Gasteiger partial charge on any atom is 0.224 e. The van der Waals surface area contributed by atoms with Gasteiger partial charge in [-0.25, -0.2) is 0 Å². The van der Waals surface area contributed by atoms with Crippen molar-refractivity contribution in [2.24, 2.45) is 5.92 Å². The van der Waals surface area contributed by atoms with Crippen LogP contribution in [0.1, 0.15) is 19.3 Å². The number of halogens is 2. The fourth-order valence-corrected chi connectivity index (χ4v) is 2.49. The van der Waals surface area contributed by atoms with Crippen LogP contribution in [0.2, 0.25) is 0 Å². The van der Waals surface area contributed by atoms with E-state index < -0.39 is 0 Å². The Labute approximate surface area is 122 Å². The summed E-state index contributed by atoms with van der Waals surface area (Å²) in [5, 5.41) is 6.23. The Hall–Kier alpha value is -0.580. The summed E-state index contributed by atoms with van der Waals surface area (Å²) < 4.78 is 0.982. The van der Waals surface area contributed by atoms with E-state index in [1.807, 2.05) is 24.3 Å². The third-order valence-electron chi connectivity index (χ3n) is 3.05. The van der Waals surface area contributed by atoms with E-state index in [-0.39, 0.29) is 18.3 Å². The van der Waals surface area contributed by atoms with E-state index in [0.717, 1.165) is 29.7 Å². The molecule has 1 aromatic rings. The molecule has 0 bridgehead atoms. The second-order valence-electron chi connectivity index (χ2n) is 4.46. The highest BCUT2D eigenvalue weighted by molar-refractivity contribution is 9.10. The Kier molecular flexibility index (Phi) is 6.68. The molecule has 0 saturated carbocycles. The number of hydrogen-bond donors (Lipinski definition) is 2. The largest absolute Gasteiger partial charge is 0.326 e. The minimum atomic E-state index is 0. The van der Waals surface area contributed by atoms with E-state index in [9.17, 15) is 4.79 Å². The summed E-state index contributed by atoms with van der Waals surface area (Å²) >= 11 is 3.39. The van der Waals surface area contributed by atoms with Crippen LogP contribution >= 0.6 is 28.3 Å². The average molecular weight is 334 g/mol. The summed E-state index contributed by atoms with van der Waals surface area (Å²) in [5.41, 5.74) is 0.855. The van der Waals surface area contributed by atoms with Crippen molar-refractivity contribution in [3.05, 3.63) is 28.7 Å². The van der Waals surface area contributed by atoms with Gasteiger partial charge >= 0.3 is 0 Å². The number of carbonyl (C=O) groups excluding carboxylic acids is 1. The number of amides is 1. The zero-order valence-electron chi connectivity index (χ0n) is 10.1. The predicted molar refractivity (Wildman–Crippen MR) is 80.2 cm³/mol. The minimum Gasteiger partial charge on any atom is -0.326 e. The number of nitrogens with one attached hydrogen (secondary N) is 2. The predicted octanol–water partition coefficient (Wildman–Crippen LogP) is 3.20. The summed E-state index contributed by atoms with van der Waals surface area (Å²) in [6, 6.07) is 7.68. The van der Waals surface area contributed by atoms with Crippen LogP contribution in [-0.2, 0) is 4.79 Å². The maximum atomic E-state index is 11.7. The highest BCUT2D eigenvalue weighted by Crippen LogP contribution is 2.17. The van der Waals surface area contributed by atoms with Crippen LogP contribution in [0.5, 0.6) is 0 Å². The number of benzene rings is 1. The van der Waals surface area contributed by atoms with Crippen molar-refractivity contribution in [3.8, 4) is 0 Å². The van der Waals surface area contributed by atoms with Crippen LogP contribution < -0.4 is 10.6 Å². The van der Waals surface area contributed by atoms with Crippen molar-refractivity contribution >= 4 is 39.9 Å². The first-order valence-corrected chi connectivity index (χ1v) is 6.79. The molecule has 5 heteroatoms. The zero-order chi connectivity index (χ0) is 12.1. The van der Waals surface area contributed by atoms with Crippen molar-refractivity contribution in [1.29, 1.82) is 0 Å². The number of carbonyl (C=O) groups is 1. The highest BCUT2D eigenvalue weighted by atomic mass is 79.9. The molecule has 1 amide bonds. The summed E-state index contributed by atoms with van der Waals surface area (Å²) in [6.45, 7) is 2.15. The molecule has 1 heterocycles. The molecule has 18 heavy (non-hydrogen) atoms. The van der Waals surface area contributed by atoms with E-state index in [2.05, 4.69) is 26.6 Å². The van der Waals surface area contributed by atoms with E-state index in [4.69, 9.17) is 0 Å². The Balaban J connectivity index is 0.00000162.